The number of aliphatic hydroxyl groups excluding tert-OH is 1. The summed E-state index contributed by atoms with van der Waals surface area (Å²) < 4.78 is 37.1. The summed E-state index contributed by atoms with van der Waals surface area (Å²) in [6.07, 6.45) is -3.04. The van der Waals surface area contributed by atoms with Gasteiger partial charge in [0.2, 0.25) is 5.91 Å². The molecule has 0 heterocycles. The number of halogens is 3. The van der Waals surface area contributed by atoms with Crippen molar-refractivity contribution in [1.29, 1.82) is 0 Å². The van der Waals surface area contributed by atoms with E-state index < -0.39 is 17.8 Å². The smallest absolute Gasteiger partial charge is 0.387 e. The standard InChI is InChI=1S/C14H16F3NO2/c1-2-3-4-13(20)18-9-12(19)10-5-7-11(8-6-10)14(15,16)17/h2,5-8,12,19H,1,3-4,9H2,(H,18,20)/t12-/m1/s1. The van der Waals surface area contributed by atoms with Crippen LogP contribution in [0.25, 0.3) is 0 Å². The van der Waals surface area contributed by atoms with Crippen LogP contribution >= 0.6 is 0 Å². The molecule has 6 heteroatoms. The molecule has 1 amide bonds. The normalized spacial score (nSPS) is 12.8. The molecule has 0 aliphatic rings. The number of allylic oxidation sites excluding steroid dienone is 1. The summed E-state index contributed by atoms with van der Waals surface area (Å²) in [5, 5.41) is 12.3. The molecule has 1 aromatic carbocycles. The molecule has 0 fully saturated rings. The van der Waals surface area contributed by atoms with Crippen molar-refractivity contribution in [2.45, 2.75) is 25.1 Å². The van der Waals surface area contributed by atoms with Crippen molar-refractivity contribution in [3.63, 3.8) is 0 Å². The highest BCUT2D eigenvalue weighted by Gasteiger charge is 2.30. The first-order valence-electron chi connectivity index (χ1n) is 6.07. The quantitative estimate of drug-likeness (QED) is 0.790. The first-order chi connectivity index (χ1) is 9.34. The van der Waals surface area contributed by atoms with Gasteiger partial charge < -0.3 is 10.4 Å². The molecule has 3 nitrogen and oxygen atoms in total. The molecule has 0 spiro atoms. The zero-order chi connectivity index (χ0) is 15.2. The molecular weight excluding hydrogens is 271 g/mol. The molecule has 1 atom stereocenters. The van der Waals surface area contributed by atoms with E-state index >= 15 is 0 Å². The summed E-state index contributed by atoms with van der Waals surface area (Å²) in [6, 6.07) is 4.20. The van der Waals surface area contributed by atoms with Gasteiger partial charge in [-0.2, -0.15) is 13.2 Å². The van der Waals surface area contributed by atoms with Gasteiger partial charge in [-0.15, -0.1) is 6.58 Å². The van der Waals surface area contributed by atoms with Crippen molar-refractivity contribution < 1.29 is 23.1 Å². The van der Waals surface area contributed by atoms with Gasteiger partial charge in [-0.05, 0) is 24.1 Å². The van der Waals surface area contributed by atoms with E-state index in [1.807, 2.05) is 0 Å². The number of nitrogens with one attached hydrogen (secondary N) is 1. The zero-order valence-corrected chi connectivity index (χ0v) is 10.8. The first kappa shape index (κ1) is 16.2. The van der Waals surface area contributed by atoms with E-state index in [4.69, 9.17) is 0 Å². The summed E-state index contributed by atoms with van der Waals surface area (Å²) in [5.41, 5.74) is -0.453. The maximum Gasteiger partial charge on any atom is 0.416 e. The Balaban J connectivity index is 2.53. The van der Waals surface area contributed by atoms with Crippen LogP contribution in [0.2, 0.25) is 0 Å². The molecule has 1 aromatic rings. The Hall–Kier alpha value is -1.82. The Morgan fingerprint density at radius 2 is 1.95 bits per heavy atom. The average Bonchev–Trinajstić information content (AvgIpc) is 2.41. The second-order valence-corrected chi connectivity index (χ2v) is 4.27. The molecule has 20 heavy (non-hydrogen) atoms. The molecule has 0 aliphatic carbocycles. The Kier molecular flexibility index (Phi) is 5.76. The van der Waals surface area contributed by atoms with E-state index in [9.17, 15) is 23.1 Å². The molecule has 0 saturated heterocycles. The van der Waals surface area contributed by atoms with Crippen LogP contribution < -0.4 is 5.32 Å². The topological polar surface area (TPSA) is 49.3 Å². The summed E-state index contributed by atoms with van der Waals surface area (Å²) >= 11 is 0. The van der Waals surface area contributed by atoms with Gasteiger partial charge in [0.25, 0.3) is 0 Å². The number of benzene rings is 1. The van der Waals surface area contributed by atoms with Gasteiger partial charge in [0, 0.05) is 13.0 Å². The van der Waals surface area contributed by atoms with Crippen LogP contribution in [0.5, 0.6) is 0 Å². The van der Waals surface area contributed by atoms with E-state index in [2.05, 4.69) is 11.9 Å². The summed E-state index contributed by atoms with van der Waals surface area (Å²) in [5.74, 6) is -0.240. The average molecular weight is 287 g/mol. The molecule has 2 N–H and O–H groups in total. The largest absolute Gasteiger partial charge is 0.416 e. The molecule has 110 valence electrons. The van der Waals surface area contributed by atoms with E-state index in [0.717, 1.165) is 12.1 Å². The Bertz CT molecular complexity index is 454. The highest BCUT2D eigenvalue weighted by Crippen LogP contribution is 2.29. The van der Waals surface area contributed by atoms with Crippen LogP contribution in [-0.2, 0) is 11.0 Å². The minimum Gasteiger partial charge on any atom is -0.387 e. The molecular formula is C14H16F3NO2. The van der Waals surface area contributed by atoms with Crippen LogP contribution in [-0.4, -0.2) is 17.6 Å². The van der Waals surface area contributed by atoms with Crippen LogP contribution in [0.15, 0.2) is 36.9 Å². The first-order valence-corrected chi connectivity index (χ1v) is 6.07. The Labute approximate surface area is 115 Å². The molecule has 0 bridgehead atoms. The van der Waals surface area contributed by atoms with Gasteiger partial charge in [0.15, 0.2) is 0 Å². The van der Waals surface area contributed by atoms with Crippen LogP contribution in [0.1, 0.15) is 30.1 Å². The lowest BCUT2D eigenvalue weighted by molar-refractivity contribution is -0.137. The van der Waals surface area contributed by atoms with E-state index in [1.165, 1.54) is 12.1 Å². The highest BCUT2D eigenvalue weighted by atomic mass is 19.4. The molecule has 1 rings (SSSR count). The fraction of sp³-hybridized carbons (Fsp3) is 0.357. The summed E-state index contributed by atoms with van der Waals surface area (Å²) in [7, 11) is 0. The van der Waals surface area contributed by atoms with Gasteiger partial charge in [-0.25, -0.2) is 0 Å². The number of amides is 1. The SMILES string of the molecule is C=CCCC(=O)NC[C@@H](O)c1ccc(C(F)(F)F)cc1. The van der Waals surface area contributed by atoms with Gasteiger partial charge >= 0.3 is 6.18 Å². The lowest BCUT2D eigenvalue weighted by atomic mass is 10.1. The fourth-order valence-electron chi connectivity index (χ4n) is 1.54. The number of hydrogen-bond donors (Lipinski definition) is 2. The van der Waals surface area contributed by atoms with Crippen molar-refractivity contribution in [3.05, 3.63) is 48.0 Å². The number of carbonyl (C=O) groups is 1. The number of hydrogen-bond acceptors (Lipinski definition) is 2. The minimum absolute atomic E-state index is 0.0403. The lowest BCUT2D eigenvalue weighted by Crippen LogP contribution is -2.28. The number of alkyl halides is 3. The monoisotopic (exact) mass is 287 g/mol. The van der Waals surface area contributed by atoms with Gasteiger partial charge in [0.05, 0.1) is 11.7 Å². The third-order valence-electron chi connectivity index (χ3n) is 2.69. The Morgan fingerprint density at radius 1 is 1.35 bits per heavy atom. The minimum atomic E-state index is -4.40. The zero-order valence-electron chi connectivity index (χ0n) is 10.8. The number of rotatable bonds is 6. The molecule has 0 aromatic heterocycles. The predicted molar refractivity (Wildman–Crippen MR) is 68.8 cm³/mol. The van der Waals surface area contributed by atoms with Crippen LogP contribution in [0.4, 0.5) is 13.2 Å². The van der Waals surface area contributed by atoms with Crippen molar-refractivity contribution in [2.75, 3.05) is 6.54 Å². The molecule has 0 saturated carbocycles. The Morgan fingerprint density at radius 3 is 2.45 bits per heavy atom. The van der Waals surface area contributed by atoms with E-state index in [-0.39, 0.29) is 18.9 Å². The predicted octanol–water partition coefficient (Wildman–Crippen LogP) is 2.82. The summed E-state index contributed by atoms with van der Waals surface area (Å²) in [6.45, 7) is 3.44. The van der Waals surface area contributed by atoms with Crippen LogP contribution in [0, 0.1) is 0 Å². The second kappa shape index (κ2) is 7.09. The summed E-state index contributed by atoms with van der Waals surface area (Å²) in [4.78, 5) is 11.3. The third kappa shape index (κ3) is 5.05. The van der Waals surface area contributed by atoms with Crippen molar-refractivity contribution in [1.82, 2.24) is 5.32 Å². The van der Waals surface area contributed by atoms with Crippen LogP contribution in [0.3, 0.4) is 0 Å². The van der Waals surface area contributed by atoms with E-state index in [0.29, 0.717) is 12.0 Å². The number of aliphatic hydroxyl groups is 1. The number of carbonyl (C=O) groups excluding carboxylic acids is 1. The maximum atomic E-state index is 12.4. The fourth-order valence-corrected chi connectivity index (χ4v) is 1.54. The van der Waals surface area contributed by atoms with Crippen molar-refractivity contribution in [2.24, 2.45) is 0 Å². The van der Waals surface area contributed by atoms with Gasteiger partial charge in [-0.1, -0.05) is 18.2 Å². The lowest BCUT2D eigenvalue weighted by Gasteiger charge is -2.13. The highest BCUT2D eigenvalue weighted by molar-refractivity contribution is 5.76. The molecule has 0 radical (unpaired) electrons. The van der Waals surface area contributed by atoms with Gasteiger partial charge in [-0.3, -0.25) is 4.79 Å². The van der Waals surface area contributed by atoms with Crippen molar-refractivity contribution in [3.8, 4) is 0 Å². The van der Waals surface area contributed by atoms with E-state index in [1.54, 1.807) is 6.08 Å². The molecule has 0 unspecified atom stereocenters. The second-order valence-electron chi connectivity index (χ2n) is 4.27. The third-order valence-corrected chi connectivity index (χ3v) is 2.69. The van der Waals surface area contributed by atoms with Crippen molar-refractivity contribution >= 4 is 5.91 Å². The maximum absolute atomic E-state index is 12.4. The van der Waals surface area contributed by atoms with Gasteiger partial charge in [0.1, 0.15) is 0 Å². The molecule has 0 aliphatic heterocycles.